The van der Waals surface area contributed by atoms with Crippen molar-refractivity contribution in [3.8, 4) is 0 Å². The number of hydrogen-bond acceptors (Lipinski definition) is 2. The molecule has 0 rings (SSSR count). The summed E-state index contributed by atoms with van der Waals surface area (Å²) in [6.07, 6.45) is 1.62. The highest BCUT2D eigenvalue weighted by molar-refractivity contribution is 6.27. The molecule has 0 spiro atoms. The van der Waals surface area contributed by atoms with E-state index in [1.54, 1.807) is 0 Å². The molecule has 2 nitrogen and oxygen atoms in total. The van der Waals surface area contributed by atoms with E-state index in [1.807, 2.05) is 0 Å². The van der Waals surface area contributed by atoms with Crippen LogP contribution in [0.25, 0.3) is 0 Å². The number of rotatable bonds is 3. The molecule has 0 saturated carbocycles. The van der Waals surface area contributed by atoms with Crippen LogP contribution in [0.1, 0.15) is 6.42 Å². The van der Waals surface area contributed by atoms with Gasteiger partial charge in [-0.05, 0) is 6.42 Å². The molecule has 0 aromatic rings. The Morgan fingerprint density at radius 1 is 1.80 bits per heavy atom. The summed E-state index contributed by atoms with van der Waals surface area (Å²) in [4.78, 5) is 13.3. The summed E-state index contributed by atoms with van der Waals surface area (Å²) in [6, 6.07) is 0. The van der Waals surface area contributed by atoms with Gasteiger partial charge in [0.05, 0.1) is 5.57 Å². The molecule has 0 aliphatic rings. The molecule has 10 heavy (non-hydrogen) atoms. The fourth-order valence-electron chi connectivity index (χ4n) is 0.377. The summed E-state index contributed by atoms with van der Waals surface area (Å²) < 4.78 is 11.2. The molecule has 0 aliphatic carbocycles. The predicted molar refractivity (Wildman–Crippen MR) is 36.0 cm³/mol. The monoisotopic (exact) mass is 164 g/mol. The molecule has 0 unspecified atom stereocenters. The molecule has 0 aromatic carbocycles. The second-order valence-corrected chi connectivity index (χ2v) is 1.71. The first-order chi connectivity index (χ1) is 4.76. The standard InChI is InChI=1S/C6H6ClFO2/c1-2-3-5(4-7)6(9)10-8/h2,4H,1,3H2. The lowest BCUT2D eigenvalue weighted by atomic mass is 10.2. The maximum atomic E-state index is 11.2. The van der Waals surface area contributed by atoms with E-state index in [4.69, 9.17) is 11.6 Å². The van der Waals surface area contributed by atoms with E-state index >= 15 is 0 Å². The summed E-state index contributed by atoms with van der Waals surface area (Å²) in [5.74, 6) is -1.07. The van der Waals surface area contributed by atoms with Crippen molar-refractivity contribution in [3.63, 3.8) is 0 Å². The lowest BCUT2D eigenvalue weighted by Gasteiger charge is -1.93. The van der Waals surface area contributed by atoms with E-state index in [1.165, 1.54) is 6.08 Å². The Balaban J connectivity index is 4.08. The van der Waals surface area contributed by atoms with Crippen LogP contribution in [-0.2, 0) is 9.74 Å². The Kier molecular flexibility index (Phi) is 4.58. The highest BCUT2D eigenvalue weighted by Gasteiger charge is 2.08. The van der Waals surface area contributed by atoms with E-state index in [2.05, 4.69) is 11.5 Å². The van der Waals surface area contributed by atoms with E-state index < -0.39 is 5.97 Å². The van der Waals surface area contributed by atoms with E-state index in [-0.39, 0.29) is 12.0 Å². The first-order valence-electron chi connectivity index (χ1n) is 2.49. The molecule has 0 fully saturated rings. The van der Waals surface area contributed by atoms with Crippen LogP contribution < -0.4 is 0 Å². The van der Waals surface area contributed by atoms with Gasteiger partial charge in [-0.2, -0.15) is 0 Å². The molecular weight excluding hydrogens is 159 g/mol. The van der Waals surface area contributed by atoms with Crippen molar-refractivity contribution >= 4 is 17.6 Å². The lowest BCUT2D eigenvalue weighted by molar-refractivity contribution is -0.178. The van der Waals surface area contributed by atoms with Gasteiger partial charge in [0.1, 0.15) is 0 Å². The van der Waals surface area contributed by atoms with Crippen molar-refractivity contribution in [1.29, 1.82) is 0 Å². The first-order valence-corrected chi connectivity index (χ1v) is 2.93. The Morgan fingerprint density at radius 3 is 2.70 bits per heavy atom. The van der Waals surface area contributed by atoms with Gasteiger partial charge in [-0.3, -0.25) is 0 Å². The van der Waals surface area contributed by atoms with Crippen LogP contribution in [0.3, 0.4) is 0 Å². The predicted octanol–water partition coefficient (Wildman–Crippen LogP) is 2.11. The second kappa shape index (κ2) is 4.99. The minimum Gasteiger partial charge on any atom is -0.250 e. The zero-order valence-electron chi connectivity index (χ0n) is 5.14. The maximum Gasteiger partial charge on any atom is 0.376 e. The lowest BCUT2D eigenvalue weighted by Crippen LogP contribution is -2.00. The second-order valence-electron chi connectivity index (χ2n) is 1.49. The van der Waals surface area contributed by atoms with Crippen LogP contribution in [0.2, 0.25) is 0 Å². The van der Waals surface area contributed by atoms with Gasteiger partial charge in [-0.1, -0.05) is 17.7 Å². The number of carbonyl (C=O) groups is 1. The van der Waals surface area contributed by atoms with Crippen molar-refractivity contribution in [1.82, 2.24) is 0 Å². The van der Waals surface area contributed by atoms with E-state index in [9.17, 15) is 9.32 Å². The molecule has 0 bridgehead atoms. The Bertz CT molecular complexity index is 165. The largest absolute Gasteiger partial charge is 0.376 e. The molecule has 4 heteroatoms. The van der Waals surface area contributed by atoms with Gasteiger partial charge in [0.2, 0.25) is 0 Å². The third kappa shape index (κ3) is 2.64. The summed E-state index contributed by atoms with van der Waals surface area (Å²) in [6.45, 7) is 3.34. The normalized spacial score (nSPS) is 10.8. The molecular formula is C6H6ClFO2. The fourth-order valence-corrected chi connectivity index (χ4v) is 0.556. The molecule has 0 N–H and O–H groups in total. The summed E-state index contributed by atoms with van der Waals surface area (Å²) >= 11 is 5.14. The van der Waals surface area contributed by atoms with Gasteiger partial charge in [0, 0.05) is 10.1 Å². The Labute approximate surface area is 62.8 Å². The summed E-state index contributed by atoms with van der Waals surface area (Å²) in [5, 5.41) is 0. The average molecular weight is 165 g/mol. The van der Waals surface area contributed by atoms with Gasteiger partial charge < -0.3 is 0 Å². The van der Waals surface area contributed by atoms with Crippen LogP contribution in [-0.4, -0.2) is 5.97 Å². The molecule has 0 amide bonds. The first kappa shape index (κ1) is 9.17. The minimum atomic E-state index is -1.07. The topological polar surface area (TPSA) is 26.3 Å². The molecule has 0 aromatic heterocycles. The quantitative estimate of drug-likeness (QED) is 0.472. The highest BCUT2D eigenvalue weighted by atomic mass is 35.5. The molecule has 0 atom stereocenters. The van der Waals surface area contributed by atoms with Gasteiger partial charge in [0.15, 0.2) is 0 Å². The van der Waals surface area contributed by atoms with Gasteiger partial charge in [0.25, 0.3) is 0 Å². The van der Waals surface area contributed by atoms with Gasteiger partial charge in [-0.25, -0.2) is 9.74 Å². The van der Waals surface area contributed by atoms with Crippen LogP contribution in [0.5, 0.6) is 0 Å². The third-order valence-corrected chi connectivity index (χ3v) is 1.09. The molecule has 0 radical (unpaired) electrons. The SMILES string of the molecule is C=CCC(=CCl)C(=O)OF. The molecule has 0 saturated heterocycles. The van der Waals surface area contributed by atoms with E-state index in [0.29, 0.717) is 0 Å². The van der Waals surface area contributed by atoms with Crippen molar-refractivity contribution < 1.29 is 14.3 Å². The highest BCUT2D eigenvalue weighted by Crippen LogP contribution is 2.06. The van der Waals surface area contributed by atoms with Crippen LogP contribution in [0, 0.1) is 0 Å². The van der Waals surface area contributed by atoms with Gasteiger partial charge >= 0.3 is 5.97 Å². The fraction of sp³-hybridized carbons (Fsp3) is 0.167. The smallest absolute Gasteiger partial charge is 0.250 e. The zero-order valence-corrected chi connectivity index (χ0v) is 5.90. The van der Waals surface area contributed by atoms with Crippen molar-refractivity contribution in [3.05, 3.63) is 23.8 Å². The molecule has 0 aliphatic heterocycles. The number of carbonyl (C=O) groups excluding carboxylic acids is 1. The molecule has 56 valence electrons. The van der Waals surface area contributed by atoms with E-state index in [0.717, 1.165) is 5.54 Å². The Morgan fingerprint density at radius 2 is 2.40 bits per heavy atom. The number of hydrogen-bond donors (Lipinski definition) is 0. The molecule has 0 heterocycles. The third-order valence-electron chi connectivity index (χ3n) is 0.828. The number of allylic oxidation sites excluding steroid dienone is 1. The average Bonchev–Trinajstić information content (AvgIpc) is 1.99. The Hall–Kier alpha value is -0.830. The van der Waals surface area contributed by atoms with Crippen LogP contribution in [0.4, 0.5) is 4.53 Å². The van der Waals surface area contributed by atoms with Crippen molar-refractivity contribution in [2.75, 3.05) is 0 Å². The number of halogens is 2. The summed E-state index contributed by atoms with van der Waals surface area (Å²) in [7, 11) is 0. The summed E-state index contributed by atoms with van der Waals surface area (Å²) in [5.41, 5.74) is 1.00. The van der Waals surface area contributed by atoms with Crippen LogP contribution in [0.15, 0.2) is 23.8 Å². The zero-order chi connectivity index (χ0) is 7.98. The van der Waals surface area contributed by atoms with Crippen LogP contribution >= 0.6 is 11.6 Å². The minimum absolute atomic E-state index is 0.0409. The van der Waals surface area contributed by atoms with Crippen molar-refractivity contribution in [2.45, 2.75) is 6.42 Å². The maximum absolute atomic E-state index is 11.2. The van der Waals surface area contributed by atoms with Gasteiger partial charge in [-0.15, -0.1) is 6.58 Å². The van der Waals surface area contributed by atoms with Crippen molar-refractivity contribution in [2.24, 2.45) is 0 Å².